The first-order valence-corrected chi connectivity index (χ1v) is 4.77. The van der Waals surface area contributed by atoms with E-state index in [0.29, 0.717) is 11.6 Å². The molecule has 0 aromatic heterocycles. The van der Waals surface area contributed by atoms with Gasteiger partial charge in [-0.1, -0.05) is 18.5 Å². The van der Waals surface area contributed by atoms with Crippen LogP contribution in [-0.2, 0) is 4.79 Å². The van der Waals surface area contributed by atoms with Crippen LogP contribution in [0.15, 0.2) is 24.3 Å². The number of hydrogen-bond acceptors (Lipinski definition) is 2. The Hall–Kier alpha value is -0.770. The van der Waals surface area contributed by atoms with Crippen LogP contribution in [-0.4, -0.2) is 12.5 Å². The molecule has 0 aliphatic carbocycles. The van der Waals surface area contributed by atoms with Gasteiger partial charge in [-0.15, -0.1) is 12.4 Å². The van der Waals surface area contributed by atoms with Gasteiger partial charge in [0.1, 0.15) is 0 Å². The first kappa shape index (κ1) is 14.2. The van der Waals surface area contributed by atoms with Crippen molar-refractivity contribution in [2.45, 2.75) is 6.92 Å². The fraction of sp³-hybridized carbons (Fsp3) is 0.300. The number of nitrogens with two attached hydrogens (primary N) is 1. The third-order valence-electron chi connectivity index (χ3n) is 1.91. The average Bonchev–Trinajstić information content (AvgIpc) is 2.20. The number of rotatable bonds is 3. The van der Waals surface area contributed by atoms with E-state index in [1.807, 2.05) is 0 Å². The lowest BCUT2D eigenvalue weighted by atomic mass is 10.1. The minimum Gasteiger partial charge on any atom is -0.330 e. The number of anilines is 1. The highest BCUT2D eigenvalue weighted by Gasteiger charge is 2.10. The summed E-state index contributed by atoms with van der Waals surface area (Å²) in [7, 11) is 0. The molecule has 1 amide bonds. The minimum absolute atomic E-state index is 0. The molecule has 84 valence electrons. The Kier molecular flexibility index (Phi) is 6.32. The fourth-order valence-corrected chi connectivity index (χ4v) is 1.03. The van der Waals surface area contributed by atoms with E-state index in [4.69, 9.17) is 17.3 Å². The van der Waals surface area contributed by atoms with Crippen molar-refractivity contribution in [1.29, 1.82) is 0 Å². The summed E-state index contributed by atoms with van der Waals surface area (Å²) in [6.07, 6.45) is 0. The van der Waals surface area contributed by atoms with Crippen molar-refractivity contribution >= 4 is 35.6 Å². The van der Waals surface area contributed by atoms with Crippen LogP contribution in [0.3, 0.4) is 0 Å². The molecule has 1 aromatic rings. The zero-order valence-corrected chi connectivity index (χ0v) is 9.94. The highest BCUT2D eigenvalue weighted by Crippen LogP contribution is 2.13. The quantitative estimate of drug-likeness (QED) is 0.863. The molecule has 0 saturated heterocycles. The van der Waals surface area contributed by atoms with Crippen molar-refractivity contribution in [3.8, 4) is 0 Å². The summed E-state index contributed by atoms with van der Waals surface area (Å²) in [6, 6.07) is 6.96. The first-order valence-electron chi connectivity index (χ1n) is 4.40. The molecule has 1 rings (SSSR count). The van der Waals surface area contributed by atoms with Crippen LogP contribution in [0.25, 0.3) is 0 Å². The highest BCUT2D eigenvalue weighted by molar-refractivity contribution is 6.30. The second-order valence-corrected chi connectivity index (χ2v) is 3.57. The molecule has 1 aromatic carbocycles. The zero-order valence-electron chi connectivity index (χ0n) is 8.37. The predicted octanol–water partition coefficient (Wildman–Crippen LogP) is 2.30. The molecule has 0 aliphatic rings. The summed E-state index contributed by atoms with van der Waals surface area (Å²) < 4.78 is 0. The number of carbonyl (C=O) groups excluding carboxylic acids is 1. The van der Waals surface area contributed by atoms with E-state index in [2.05, 4.69) is 5.32 Å². The van der Waals surface area contributed by atoms with Gasteiger partial charge in [0.05, 0.1) is 0 Å². The van der Waals surface area contributed by atoms with Crippen LogP contribution in [0.2, 0.25) is 5.02 Å². The predicted molar refractivity (Wildman–Crippen MR) is 65.5 cm³/mol. The lowest BCUT2D eigenvalue weighted by Gasteiger charge is -2.09. The van der Waals surface area contributed by atoms with Gasteiger partial charge in [-0.2, -0.15) is 0 Å². The maximum atomic E-state index is 11.4. The van der Waals surface area contributed by atoms with Gasteiger partial charge in [-0.3, -0.25) is 4.79 Å². The molecule has 15 heavy (non-hydrogen) atoms. The van der Waals surface area contributed by atoms with E-state index in [-0.39, 0.29) is 24.2 Å². The number of halogens is 2. The SMILES string of the molecule is CC(CN)C(=O)Nc1ccc(Cl)cc1.Cl. The smallest absolute Gasteiger partial charge is 0.228 e. The molecule has 0 fully saturated rings. The summed E-state index contributed by atoms with van der Waals surface area (Å²) in [5.41, 5.74) is 6.10. The first-order chi connectivity index (χ1) is 6.63. The number of benzene rings is 1. The zero-order chi connectivity index (χ0) is 10.6. The molecule has 1 unspecified atom stereocenters. The third-order valence-corrected chi connectivity index (χ3v) is 2.16. The Bertz CT molecular complexity index is 314. The van der Waals surface area contributed by atoms with E-state index in [1.165, 1.54) is 0 Å². The molecule has 3 nitrogen and oxygen atoms in total. The molecular formula is C10H14Cl2N2O. The van der Waals surface area contributed by atoms with Crippen molar-refractivity contribution in [2.24, 2.45) is 11.7 Å². The Labute approximate surface area is 100 Å². The number of carbonyl (C=O) groups is 1. The number of amides is 1. The van der Waals surface area contributed by atoms with Gasteiger partial charge in [-0.05, 0) is 24.3 Å². The van der Waals surface area contributed by atoms with Crippen LogP contribution in [0, 0.1) is 5.92 Å². The standard InChI is InChI=1S/C10H13ClN2O.ClH/c1-7(6-12)10(14)13-9-4-2-8(11)3-5-9;/h2-5,7H,6,12H2,1H3,(H,13,14);1H. The molecule has 0 saturated carbocycles. The average molecular weight is 249 g/mol. The van der Waals surface area contributed by atoms with Gasteiger partial charge in [0.25, 0.3) is 0 Å². The van der Waals surface area contributed by atoms with Gasteiger partial charge in [-0.25, -0.2) is 0 Å². The van der Waals surface area contributed by atoms with Crippen molar-refractivity contribution in [2.75, 3.05) is 11.9 Å². The van der Waals surface area contributed by atoms with Crippen LogP contribution >= 0.6 is 24.0 Å². The monoisotopic (exact) mass is 248 g/mol. The summed E-state index contributed by atoms with van der Waals surface area (Å²) in [6.45, 7) is 2.13. The molecule has 5 heteroatoms. The third kappa shape index (κ3) is 4.51. The number of hydrogen-bond donors (Lipinski definition) is 2. The second kappa shape index (κ2) is 6.67. The van der Waals surface area contributed by atoms with Gasteiger partial charge < -0.3 is 11.1 Å². The van der Waals surface area contributed by atoms with Gasteiger partial charge in [0.15, 0.2) is 0 Å². The highest BCUT2D eigenvalue weighted by atomic mass is 35.5. The second-order valence-electron chi connectivity index (χ2n) is 3.13. The maximum absolute atomic E-state index is 11.4. The summed E-state index contributed by atoms with van der Waals surface area (Å²) in [4.78, 5) is 11.4. The van der Waals surface area contributed by atoms with Gasteiger partial charge in [0.2, 0.25) is 5.91 Å². The van der Waals surface area contributed by atoms with Crippen molar-refractivity contribution in [3.63, 3.8) is 0 Å². The molecule has 0 radical (unpaired) electrons. The van der Waals surface area contributed by atoms with Crippen molar-refractivity contribution in [1.82, 2.24) is 0 Å². The van der Waals surface area contributed by atoms with Crippen LogP contribution in [0.4, 0.5) is 5.69 Å². The molecule has 1 atom stereocenters. The summed E-state index contributed by atoms with van der Waals surface area (Å²) >= 11 is 5.71. The topological polar surface area (TPSA) is 55.1 Å². The van der Waals surface area contributed by atoms with Crippen LogP contribution in [0.5, 0.6) is 0 Å². The Morgan fingerprint density at radius 2 is 2.00 bits per heavy atom. The van der Waals surface area contributed by atoms with E-state index >= 15 is 0 Å². The maximum Gasteiger partial charge on any atom is 0.228 e. The normalized spacial score (nSPS) is 11.4. The van der Waals surface area contributed by atoms with Gasteiger partial charge >= 0.3 is 0 Å². The fourth-order valence-electron chi connectivity index (χ4n) is 0.906. The lowest BCUT2D eigenvalue weighted by Crippen LogP contribution is -2.26. The molecule has 0 spiro atoms. The summed E-state index contributed by atoms with van der Waals surface area (Å²) in [5.74, 6) is -0.250. The summed E-state index contributed by atoms with van der Waals surface area (Å²) in [5, 5.41) is 3.39. The van der Waals surface area contributed by atoms with E-state index in [1.54, 1.807) is 31.2 Å². The minimum atomic E-state index is -0.175. The Morgan fingerprint density at radius 1 is 1.47 bits per heavy atom. The largest absolute Gasteiger partial charge is 0.330 e. The lowest BCUT2D eigenvalue weighted by molar-refractivity contribution is -0.119. The van der Waals surface area contributed by atoms with E-state index < -0.39 is 0 Å². The molecule has 0 aliphatic heterocycles. The van der Waals surface area contributed by atoms with Crippen molar-refractivity contribution in [3.05, 3.63) is 29.3 Å². The number of nitrogens with one attached hydrogen (secondary N) is 1. The Morgan fingerprint density at radius 3 is 2.47 bits per heavy atom. The van der Waals surface area contributed by atoms with E-state index in [0.717, 1.165) is 5.69 Å². The molecule has 3 N–H and O–H groups in total. The molecular weight excluding hydrogens is 235 g/mol. The van der Waals surface area contributed by atoms with Crippen molar-refractivity contribution < 1.29 is 4.79 Å². The Balaban J connectivity index is 0.00000196. The molecule has 0 bridgehead atoms. The van der Waals surface area contributed by atoms with Crippen LogP contribution < -0.4 is 11.1 Å². The van der Waals surface area contributed by atoms with E-state index in [9.17, 15) is 4.79 Å². The van der Waals surface area contributed by atoms with Crippen LogP contribution in [0.1, 0.15) is 6.92 Å². The molecule has 0 heterocycles. The van der Waals surface area contributed by atoms with Gasteiger partial charge in [0, 0.05) is 23.2 Å².